The number of piperidine rings is 1. The Kier molecular flexibility index (Phi) is 6.44. The number of halogens is 6. The normalized spacial score (nSPS) is 26.8. The van der Waals surface area contributed by atoms with Crippen molar-refractivity contribution in [2.24, 2.45) is 11.3 Å². The fraction of sp³-hybridized carbons (Fsp3) is 0.789. The Balaban J connectivity index is 1.69. The van der Waals surface area contributed by atoms with Gasteiger partial charge in [-0.3, -0.25) is 4.79 Å². The number of likely N-dealkylation sites (tertiary alicyclic amines) is 1. The van der Waals surface area contributed by atoms with Crippen molar-refractivity contribution in [3.63, 3.8) is 0 Å². The van der Waals surface area contributed by atoms with Gasteiger partial charge in [0.05, 0.1) is 27.8 Å². The maximum atomic E-state index is 13.2. The molecule has 30 heavy (non-hydrogen) atoms. The van der Waals surface area contributed by atoms with E-state index in [1.165, 1.54) is 11.8 Å². The summed E-state index contributed by atoms with van der Waals surface area (Å²) in [5, 5.41) is 10.1. The number of aliphatic hydroxyl groups is 1. The molecule has 1 saturated heterocycles. The molecule has 0 aromatic carbocycles. The number of rotatable bonds is 3. The van der Waals surface area contributed by atoms with Crippen molar-refractivity contribution in [1.29, 1.82) is 0 Å². The predicted octanol–water partition coefficient (Wildman–Crippen LogP) is 5.28. The largest absolute Gasteiger partial charge is 0.394 e. The van der Waals surface area contributed by atoms with Crippen LogP contribution in [0.5, 0.6) is 0 Å². The van der Waals surface area contributed by atoms with Crippen LogP contribution in [0.1, 0.15) is 71.7 Å². The maximum Gasteiger partial charge on any atom is 0.394 e. The van der Waals surface area contributed by atoms with Gasteiger partial charge in [-0.2, -0.15) is 26.3 Å². The number of aliphatic hydroxyl groups excluding tert-OH is 1. The molecule has 1 saturated carbocycles. The van der Waals surface area contributed by atoms with Crippen molar-refractivity contribution < 1.29 is 36.2 Å². The molecule has 170 valence electrons. The number of carbonyl (C=O) groups excluding carboxylic acids is 1. The van der Waals surface area contributed by atoms with Gasteiger partial charge in [-0.05, 0) is 38.5 Å². The third-order valence-corrected chi connectivity index (χ3v) is 7.63. The number of thiazole rings is 1. The SMILES string of the molecule is C[C@]1(C(F)(F)F)CC[C@H](c2nc(C(=O)N3CCC(C(F)(F)F)CC3)c(CO)s2)CC1. The minimum absolute atomic E-state index is 0.00659. The molecule has 2 aliphatic rings. The fourth-order valence-corrected chi connectivity index (χ4v) is 5.25. The molecule has 4 nitrogen and oxygen atoms in total. The molecule has 2 heterocycles. The van der Waals surface area contributed by atoms with E-state index in [4.69, 9.17) is 0 Å². The van der Waals surface area contributed by atoms with E-state index in [1.54, 1.807) is 0 Å². The minimum Gasteiger partial charge on any atom is -0.391 e. The van der Waals surface area contributed by atoms with Crippen molar-refractivity contribution in [2.75, 3.05) is 13.1 Å². The number of alkyl halides is 6. The van der Waals surface area contributed by atoms with Crippen molar-refractivity contribution in [3.8, 4) is 0 Å². The van der Waals surface area contributed by atoms with Gasteiger partial charge in [0.1, 0.15) is 5.69 Å². The second-order valence-corrected chi connectivity index (χ2v) is 9.54. The standard InChI is InChI=1S/C19H24F6N2O2S/c1-17(19(23,24)25)6-2-11(3-7-17)15-26-14(13(10-28)30-15)16(29)27-8-4-12(5-9-27)18(20,21)22/h11-12,28H,2-10H2,1H3/t11-,17-. The van der Waals surface area contributed by atoms with Crippen LogP contribution in [0.15, 0.2) is 0 Å². The van der Waals surface area contributed by atoms with Crippen LogP contribution in [-0.4, -0.2) is 46.3 Å². The highest BCUT2D eigenvalue weighted by Gasteiger charge is 2.52. The van der Waals surface area contributed by atoms with Crippen LogP contribution in [-0.2, 0) is 6.61 Å². The van der Waals surface area contributed by atoms with Crippen LogP contribution in [0.2, 0.25) is 0 Å². The predicted molar refractivity (Wildman–Crippen MR) is 98.1 cm³/mol. The molecule has 1 aliphatic carbocycles. The van der Waals surface area contributed by atoms with Crippen molar-refractivity contribution >= 4 is 17.2 Å². The molecule has 11 heteroatoms. The fourth-order valence-electron chi connectivity index (χ4n) is 4.16. The molecular formula is C19H24F6N2O2S. The van der Waals surface area contributed by atoms with Gasteiger partial charge in [-0.1, -0.05) is 6.92 Å². The van der Waals surface area contributed by atoms with Crippen LogP contribution in [0.4, 0.5) is 26.3 Å². The van der Waals surface area contributed by atoms with Gasteiger partial charge in [0.2, 0.25) is 0 Å². The van der Waals surface area contributed by atoms with E-state index in [-0.39, 0.29) is 63.2 Å². The monoisotopic (exact) mass is 458 g/mol. The van der Waals surface area contributed by atoms with Gasteiger partial charge in [-0.25, -0.2) is 4.98 Å². The van der Waals surface area contributed by atoms with Gasteiger partial charge in [0.15, 0.2) is 0 Å². The molecule has 1 aromatic rings. The Morgan fingerprint density at radius 1 is 1.13 bits per heavy atom. The van der Waals surface area contributed by atoms with Gasteiger partial charge >= 0.3 is 12.4 Å². The number of nitrogens with zero attached hydrogens (tertiary/aromatic N) is 2. The summed E-state index contributed by atoms with van der Waals surface area (Å²) in [5.74, 6) is -2.19. The lowest BCUT2D eigenvalue weighted by atomic mass is 9.71. The van der Waals surface area contributed by atoms with Crippen LogP contribution >= 0.6 is 11.3 Å². The first-order chi connectivity index (χ1) is 13.9. The quantitative estimate of drug-likeness (QED) is 0.628. The van der Waals surface area contributed by atoms with E-state index in [1.807, 2.05) is 0 Å². The topological polar surface area (TPSA) is 53.4 Å². The number of carbonyl (C=O) groups is 1. The molecule has 1 aliphatic heterocycles. The molecule has 2 fully saturated rings. The van der Waals surface area contributed by atoms with Gasteiger partial charge in [0, 0.05) is 19.0 Å². The molecule has 0 radical (unpaired) electrons. The lowest BCUT2D eigenvalue weighted by Gasteiger charge is -2.38. The minimum atomic E-state index is -4.29. The highest BCUT2D eigenvalue weighted by atomic mass is 32.1. The zero-order chi connectivity index (χ0) is 22.3. The number of amides is 1. The highest BCUT2D eigenvalue weighted by molar-refractivity contribution is 7.12. The van der Waals surface area contributed by atoms with Crippen LogP contribution < -0.4 is 0 Å². The van der Waals surface area contributed by atoms with Crippen LogP contribution in [0, 0.1) is 11.3 Å². The summed E-state index contributed by atoms with van der Waals surface area (Å²) in [7, 11) is 0. The van der Waals surface area contributed by atoms with Crippen molar-refractivity contribution in [3.05, 3.63) is 15.6 Å². The summed E-state index contributed by atoms with van der Waals surface area (Å²) in [6, 6.07) is 0. The third-order valence-electron chi connectivity index (χ3n) is 6.43. The van der Waals surface area contributed by atoms with Crippen LogP contribution in [0.3, 0.4) is 0 Å². The number of hydrogen-bond donors (Lipinski definition) is 1. The highest BCUT2D eigenvalue weighted by Crippen LogP contribution is 2.52. The summed E-state index contributed by atoms with van der Waals surface area (Å²) in [4.78, 5) is 18.7. The molecule has 3 rings (SSSR count). The summed E-state index contributed by atoms with van der Waals surface area (Å²) in [6.45, 7) is 0.663. The molecule has 1 amide bonds. The Labute approximate surface area is 174 Å². The van der Waals surface area contributed by atoms with Crippen molar-refractivity contribution in [1.82, 2.24) is 9.88 Å². The zero-order valence-electron chi connectivity index (χ0n) is 16.4. The Bertz CT molecular complexity index is 760. The summed E-state index contributed by atoms with van der Waals surface area (Å²) in [6.07, 6.45) is -8.45. The summed E-state index contributed by atoms with van der Waals surface area (Å²) < 4.78 is 78.2. The molecule has 1 aromatic heterocycles. The molecular weight excluding hydrogens is 434 g/mol. The summed E-state index contributed by atoms with van der Waals surface area (Å²) >= 11 is 1.10. The average molecular weight is 458 g/mol. The first kappa shape index (κ1) is 23.3. The Morgan fingerprint density at radius 3 is 2.17 bits per heavy atom. The van der Waals surface area contributed by atoms with Gasteiger partial charge in [-0.15, -0.1) is 11.3 Å². The third kappa shape index (κ3) is 4.61. The van der Waals surface area contributed by atoms with Gasteiger partial charge < -0.3 is 10.0 Å². The van der Waals surface area contributed by atoms with E-state index in [2.05, 4.69) is 4.98 Å². The van der Waals surface area contributed by atoms with E-state index in [0.717, 1.165) is 11.3 Å². The zero-order valence-corrected chi connectivity index (χ0v) is 17.3. The second kappa shape index (κ2) is 8.29. The molecule has 0 spiro atoms. The summed E-state index contributed by atoms with van der Waals surface area (Å²) in [5.41, 5.74) is -1.73. The first-order valence-corrected chi connectivity index (χ1v) is 10.7. The van der Waals surface area contributed by atoms with E-state index >= 15 is 0 Å². The van der Waals surface area contributed by atoms with Crippen LogP contribution in [0.25, 0.3) is 0 Å². The first-order valence-electron chi connectivity index (χ1n) is 9.89. The number of hydrogen-bond acceptors (Lipinski definition) is 4. The molecule has 0 atom stereocenters. The van der Waals surface area contributed by atoms with E-state index in [0.29, 0.717) is 9.88 Å². The van der Waals surface area contributed by atoms with Gasteiger partial charge in [0.25, 0.3) is 5.91 Å². The maximum absolute atomic E-state index is 13.2. The average Bonchev–Trinajstić information content (AvgIpc) is 3.11. The van der Waals surface area contributed by atoms with Crippen molar-refractivity contribution in [2.45, 2.75) is 70.3 Å². The molecule has 0 unspecified atom stereocenters. The molecule has 1 N–H and O–H groups in total. The lowest BCUT2D eigenvalue weighted by molar-refractivity contribution is -0.228. The number of aromatic nitrogens is 1. The van der Waals surface area contributed by atoms with E-state index in [9.17, 15) is 36.2 Å². The lowest BCUT2D eigenvalue weighted by Crippen LogP contribution is -2.42. The molecule has 0 bridgehead atoms. The second-order valence-electron chi connectivity index (χ2n) is 8.42. The smallest absolute Gasteiger partial charge is 0.391 e. The van der Waals surface area contributed by atoms with E-state index < -0.39 is 36.2 Å². The Morgan fingerprint density at radius 2 is 1.70 bits per heavy atom. The Hall–Kier alpha value is -1.36.